The minimum atomic E-state index is 0.376. The zero-order valence-corrected chi connectivity index (χ0v) is 13.8. The second kappa shape index (κ2) is 6.91. The van der Waals surface area contributed by atoms with Crippen LogP contribution in [0, 0.1) is 11.3 Å². The van der Waals surface area contributed by atoms with Crippen LogP contribution in [0.15, 0.2) is 17.5 Å². The number of halogens is 1. The van der Waals surface area contributed by atoms with E-state index < -0.39 is 0 Å². The Hall–Kier alpha value is 0.140. The summed E-state index contributed by atoms with van der Waals surface area (Å²) in [6.07, 6.45) is 1.17. The number of alkyl halides is 1. The third-order valence-electron chi connectivity index (χ3n) is 3.26. The van der Waals surface area contributed by atoms with Crippen LogP contribution in [0.4, 0.5) is 0 Å². The third-order valence-corrected chi connectivity index (χ3v) is 4.98. The van der Waals surface area contributed by atoms with E-state index in [2.05, 4.69) is 66.2 Å². The normalized spacial score (nSPS) is 14.2. The fourth-order valence-electron chi connectivity index (χ4n) is 1.78. The van der Waals surface area contributed by atoms with Gasteiger partial charge < -0.3 is 4.90 Å². The first-order valence-corrected chi connectivity index (χ1v) is 8.20. The first-order chi connectivity index (χ1) is 7.93. The number of hydrogen-bond donors (Lipinski definition) is 0. The van der Waals surface area contributed by atoms with Gasteiger partial charge in [0.25, 0.3) is 0 Å². The molecule has 0 spiro atoms. The lowest BCUT2D eigenvalue weighted by Crippen LogP contribution is -2.35. The van der Waals surface area contributed by atoms with E-state index in [-0.39, 0.29) is 0 Å². The molecule has 0 aromatic carbocycles. The molecule has 0 aliphatic heterocycles. The van der Waals surface area contributed by atoms with Gasteiger partial charge in [-0.05, 0) is 36.2 Å². The molecule has 0 radical (unpaired) electrons. The fraction of sp³-hybridized carbons (Fsp3) is 0.714. The zero-order valence-electron chi connectivity index (χ0n) is 11.4. The summed E-state index contributed by atoms with van der Waals surface area (Å²) in [4.78, 5) is 3.94. The second-order valence-electron chi connectivity index (χ2n) is 5.81. The number of hydrogen-bond acceptors (Lipinski definition) is 2. The highest BCUT2D eigenvalue weighted by atomic mass is 79.9. The molecule has 0 amide bonds. The monoisotopic (exact) mass is 317 g/mol. The third kappa shape index (κ3) is 5.54. The number of thiophene rings is 1. The van der Waals surface area contributed by atoms with Crippen LogP contribution in [0.3, 0.4) is 0 Å². The SMILES string of the molecule is CN(CCc1cccs1)CC(CBr)C(C)(C)C. The molecule has 1 heterocycles. The predicted molar refractivity (Wildman–Crippen MR) is 82.3 cm³/mol. The van der Waals surface area contributed by atoms with Gasteiger partial charge in [-0.1, -0.05) is 42.8 Å². The van der Waals surface area contributed by atoms with Gasteiger partial charge in [0.1, 0.15) is 0 Å². The summed E-state index contributed by atoms with van der Waals surface area (Å²) in [5.41, 5.74) is 0.376. The smallest absolute Gasteiger partial charge is 0.00768 e. The summed E-state index contributed by atoms with van der Waals surface area (Å²) in [7, 11) is 2.23. The second-order valence-corrected chi connectivity index (χ2v) is 7.49. The molecule has 1 rings (SSSR count). The largest absolute Gasteiger partial charge is 0.306 e. The summed E-state index contributed by atoms with van der Waals surface area (Å²) in [6.45, 7) is 9.30. The van der Waals surface area contributed by atoms with E-state index in [0.717, 1.165) is 11.9 Å². The number of rotatable bonds is 6. The van der Waals surface area contributed by atoms with E-state index in [4.69, 9.17) is 0 Å². The van der Waals surface area contributed by atoms with Crippen molar-refractivity contribution in [2.24, 2.45) is 11.3 Å². The maximum Gasteiger partial charge on any atom is 0.00768 e. The summed E-state index contributed by atoms with van der Waals surface area (Å²) >= 11 is 5.50. The van der Waals surface area contributed by atoms with Crippen molar-refractivity contribution >= 4 is 27.3 Å². The number of nitrogens with zero attached hydrogens (tertiary/aromatic N) is 1. The minimum Gasteiger partial charge on any atom is -0.306 e. The minimum absolute atomic E-state index is 0.376. The topological polar surface area (TPSA) is 3.24 Å². The lowest BCUT2D eigenvalue weighted by Gasteiger charge is -2.32. The molecule has 0 N–H and O–H groups in total. The molecule has 1 nitrogen and oxygen atoms in total. The zero-order chi connectivity index (χ0) is 12.9. The molecule has 17 heavy (non-hydrogen) atoms. The van der Waals surface area contributed by atoms with Crippen molar-refractivity contribution in [2.45, 2.75) is 27.2 Å². The molecule has 0 aliphatic rings. The summed E-state index contributed by atoms with van der Waals surface area (Å²) in [5, 5.41) is 3.24. The molecule has 3 heteroatoms. The van der Waals surface area contributed by atoms with Crippen molar-refractivity contribution < 1.29 is 0 Å². The average Bonchev–Trinajstić information content (AvgIpc) is 2.74. The first kappa shape index (κ1) is 15.2. The summed E-state index contributed by atoms with van der Waals surface area (Å²) in [6, 6.07) is 4.36. The van der Waals surface area contributed by atoms with Crippen molar-refractivity contribution in [3.8, 4) is 0 Å². The first-order valence-electron chi connectivity index (χ1n) is 6.20. The van der Waals surface area contributed by atoms with Crippen molar-refractivity contribution in [2.75, 3.05) is 25.5 Å². The van der Waals surface area contributed by atoms with Crippen LogP contribution < -0.4 is 0 Å². The Kier molecular flexibility index (Phi) is 6.18. The molecule has 1 atom stereocenters. The molecule has 0 aliphatic carbocycles. The Bertz CT molecular complexity index is 303. The highest BCUT2D eigenvalue weighted by Gasteiger charge is 2.24. The van der Waals surface area contributed by atoms with Crippen LogP contribution in [-0.2, 0) is 6.42 Å². The van der Waals surface area contributed by atoms with Gasteiger partial charge in [0.15, 0.2) is 0 Å². The van der Waals surface area contributed by atoms with Crippen LogP contribution in [0.25, 0.3) is 0 Å². The van der Waals surface area contributed by atoms with Gasteiger partial charge in [0.2, 0.25) is 0 Å². The highest BCUT2D eigenvalue weighted by molar-refractivity contribution is 9.09. The molecule has 1 unspecified atom stereocenters. The van der Waals surface area contributed by atoms with Gasteiger partial charge >= 0.3 is 0 Å². The van der Waals surface area contributed by atoms with Gasteiger partial charge in [-0.25, -0.2) is 0 Å². The standard InChI is InChI=1S/C14H24BrNS/c1-14(2,3)12(10-15)11-16(4)8-7-13-6-5-9-17-13/h5-6,9,12H,7-8,10-11H2,1-4H3. The Labute approximate surface area is 118 Å². The lowest BCUT2D eigenvalue weighted by atomic mass is 9.82. The summed E-state index contributed by atoms with van der Waals surface area (Å²) < 4.78 is 0. The number of likely N-dealkylation sites (N-methyl/N-ethyl adjacent to an activating group) is 1. The van der Waals surface area contributed by atoms with Gasteiger partial charge in [0.05, 0.1) is 0 Å². The molecular formula is C14H24BrNS. The quantitative estimate of drug-likeness (QED) is 0.708. The van der Waals surface area contributed by atoms with E-state index in [1.165, 1.54) is 17.8 Å². The van der Waals surface area contributed by atoms with Crippen LogP contribution in [0.2, 0.25) is 0 Å². The van der Waals surface area contributed by atoms with Crippen LogP contribution in [0.5, 0.6) is 0 Å². The maximum atomic E-state index is 3.65. The molecule has 98 valence electrons. The van der Waals surface area contributed by atoms with Crippen LogP contribution >= 0.6 is 27.3 Å². The molecule has 1 aromatic rings. The summed E-state index contributed by atoms with van der Waals surface area (Å²) in [5.74, 6) is 0.704. The van der Waals surface area contributed by atoms with Gasteiger partial charge in [-0.3, -0.25) is 0 Å². The average molecular weight is 318 g/mol. The lowest BCUT2D eigenvalue weighted by molar-refractivity contribution is 0.189. The Morgan fingerprint density at radius 3 is 2.59 bits per heavy atom. The van der Waals surface area contributed by atoms with Crippen LogP contribution in [0.1, 0.15) is 25.6 Å². The Balaban J connectivity index is 2.35. The Morgan fingerprint density at radius 1 is 1.41 bits per heavy atom. The van der Waals surface area contributed by atoms with E-state index in [1.54, 1.807) is 0 Å². The van der Waals surface area contributed by atoms with Gasteiger partial charge in [-0.2, -0.15) is 0 Å². The Morgan fingerprint density at radius 2 is 2.12 bits per heavy atom. The van der Waals surface area contributed by atoms with Gasteiger partial charge in [-0.15, -0.1) is 11.3 Å². The highest BCUT2D eigenvalue weighted by Crippen LogP contribution is 2.28. The van der Waals surface area contributed by atoms with E-state index in [0.29, 0.717) is 11.3 Å². The maximum absolute atomic E-state index is 3.65. The van der Waals surface area contributed by atoms with Crippen LogP contribution in [-0.4, -0.2) is 30.4 Å². The van der Waals surface area contributed by atoms with Gasteiger partial charge in [0, 0.05) is 23.3 Å². The van der Waals surface area contributed by atoms with Crippen molar-refractivity contribution in [1.82, 2.24) is 4.90 Å². The van der Waals surface area contributed by atoms with Crippen molar-refractivity contribution in [3.05, 3.63) is 22.4 Å². The molecular weight excluding hydrogens is 294 g/mol. The molecule has 0 fully saturated rings. The fourth-order valence-corrected chi connectivity index (χ4v) is 3.65. The van der Waals surface area contributed by atoms with Crippen molar-refractivity contribution in [3.63, 3.8) is 0 Å². The predicted octanol–water partition coefficient (Wildman–Crippen LogP) is 4.28. The molecule has 0 saturated heterocycles. The van der Waals surface area contributed by atoms with E-state index >= 15 is 0 Å². The molecule has 0 saturated carbocycles. The van der Waals surface area contributed by atoms with Crippen molar-refractivity contribution in [1.29, 1.82) is 0 Å². The van der Waals surface area contributed by atoms with E-state index in [9.17, 15) is 0 Å². The molecule has 0 bridgehead atoms. The molecule has 1 aromatic heterocycles. The van der Waals surface area contributed by atoms with E-state index in [1.807, 2.05) is 11.3 Å².